The molecule has 1 aromatic carbocycles. The summed E-state index contributed by atoms with van der Waals surface area (Å²) in [6.07, 6.45) is 3.08. The Morgan fingerprint density at radius 1 is 1.42 bits per heavy atom. The maximum Gasteiger partial charge on any atom is 0.358 e. The van der Waals surface area contributed by atoms with E-state index < -0.39 is 5.97 Å². The van der Waals surface area contributed by atoms with Gasteiger partial charge in [0, 0.05) is 6.07 Å². The van der Waals surface area contributed by atoms with Gasteiger partial charge in [-0.15, -0.1) is 0 Å². The largest absolute Gasteiger partial charge is 0.496 e. The van der Waals surface area contributed by atoms with Crippen molar-refractivity contribution in [3.8, 4) is 17.1 Å². The van der Waals surface area contributed by atoms with Crippen molar-refractivity contribution in [3.63, 3.8) is 0 Å². The molecule has 0 saturated heterocycles. The minimum atomic E-state index is -1.10. The lowest BCUT2D eigenvalue weighted by atomic mass is 10.00. The van der Waals surface area contributed by atoms with Crippen LogP contribution < -0.4 is 4.74 Å². The molecule has 5 heteroatoms. The quantitative estimate of drug-likeness (QED) is 0.916. The SMILES string of the molecule is COc1ccc2c(c1-c1cc(C(=O)O)no1)CCC2. The van der Waals surface area contributed by atoms with Gasteiger partial charge in [0.1, 0.15) is 5.75 Å². The van der Waals surface area contributed by atoms with E-state index in [1.54, 1.807) is 7.11 Å². The Kier molecular flexibility index (Phi) is 2.74. The number of aromatic nitrogens is 1. The number of nitrogens with zero attached hydrogens (tertiary/aromatic N) is 1. The van der Waals surface area contributed by atoms with Crippen molar-refractivity contribution in [1.82, 2.24) is 5.16 Å². The number of aryl methyl sites for hydroxylation is 1. The van der Waals surface area contributed by atoms with Gasteiger partial charge in [-0.25, -0.2) is 4.79 Å². The van der Waals surface area contributed by atoms with Crippen molar-refractivity contribution < 1.29 is 19.2 Å². The number of fused-ring (bicyclic) bond motifs is 1. The number of aromatic carboxylic acids is 1. The van der Waals surface area contributed by atoms with Crippen molar-refractivity contribution in [2.24, 2.45) is 0 Å². The monoisotopic (exact) mass is 259 g/mol. The molecule has 0 radical (unpaired) electrons. The van der Waals surface area contributed by atoms with Gasteiger partial charge in [0.15, 0.2) is 11.5 Å². The average molecular weight is 259 g/mol. The Bertz CT molecular complexity index is 645. The van der Waals surface area contributed by atoms with Gasteiger partial charge in [-0.2, -0.15) is 0 Å². The number of hydrogen-bond donors (Lipinski definition) is 1. The molecule has 0 unspecified atom stereocenters. The number of carbonyl (C=O) groups is 1. The normalized spacial score (nSPS) is 13.3. The minimum Gasteiger partial charge on any atom is -0.496 e. The summed E-state index contributed by atoms with van der Waals surface area (Å²) in [5.41, 5.74) is 3.18. The topological polar surface area (TPSA) is 72.6 Å². The molecular formula is C14H13NO4. The highest BCUT2D eigenvalue weighted by atomic mass is 16.5. The fourth-order valence-electron chi connectivity index (χ4n) is 2.58. The van der Waals surface area contributed by atoms with E-state index in [9.17, 15) is 4.79 Å². The zero-order chi connectivity index (χ0) is 13.4. The lowest BCUT2D eigenvalue weighted by Crippen LogP contribution is -1.95. The highest BCUT2D eigenvalue weighted by molar-refractivity contribution is 5.87. The van der Waals surface area contributed by atoms with E-state index in [-0.39, 0.29) is 5.69 Å². The molecule has 0 bridgehead atoms. The Morgan fingerprint density at radius 3 is 2.95 bits per heavy atom. The van der Waals surface area contributed by atoms with Crippen LogP contribution in [0.15, 0.2) is 22.7 Å². The smallest absolute Gasteiger partial charge is 0.358 e. The van der Waals surface area contributed by atoms with Gasteiger partial charge in [-0.3, -0.25) is 0 Å². The van der Waals surface area contributed by atoms with Crippen LogP contribution in [-0.2, 0) is 12.8 Å². The van der Waals surface area contributed by atoms with Gasteiger partial charge >= 0.3 is 5.97 Å². The molecule has 1 aliphatic carbocycles. The Morgan fingerprint density at radius 2 is 2.26 bits per heavy atom. The number of benzene rings is 1. The molecule has 0 aliphatic heterocycles. The lowest BCUT2D eigenvalue weighted by molar-refractivity contribution is 0.0686. The summed E-state index contributed by atoms with van der Waals surface area (Å²) >= 11 is 0. The molecular weight excluding hydrogens is 246 g/mol. The first-order valence-electron chi connectivity index (χ1n) is 6.10. The van der Waals surface area contributed by atoms with E-state index in [0.29, 0.717) is 11.5 Å². The van der Waals surface area contributed by atoms with E-state index >= 15 is 0 Å². The van der Waals surface area contributed by atoms with Gasteiger partial charge in [-0.1, -0.05) is 11.2 Å². The first-order chi connectivity index (χ1) is 9.20. The summed E-state index contributed by atoms with van der Waals surface area (Å²) in [4.78, 5) is 10.9. The van der Waals surface area contributed by atoms with Crippen molar-refractivity contribution in [2.75, 3.05) is 7.11 Å². The molecule has 1 N–H and O–H groups in total. The molecule has 0 amide bonds. The predicted molar refractivity (Wildman–Crippen MR) is 67.5 cm³/mol. The highest BCUT2D eigenvalue weighted by Gasteiger charge is 2.23. The Labute approximate surface area is 109 Å². The number of hydrogen-bond acceptors (Lipinski definition) is 4. The zero-order valence-corrected chi connectivity index (χ0v) is 10.5. The molecule has 0 fully saturated rings. The van der Waals surface area contributed by atoms with E-state index in [2.05, 4.69) is 11.2 Å². The molecule has 1 aromatic heterocycles. The first kappa shape index (κ1) is 11.8. The maximum absolute atomic E-state index is 10.9. The zero-order valence-electron chi connectivity index (χ0n) is 10.5. The second-order valence-electron chi connectivity index (χ2n) is 4.52. The molecule has 2 aromatic rings. The third-order valence-electron chi connectivity index (χ3n) is 3.44. The maximum atomic E-state index is 10.9. The molecule has 3 rings (SSSR count). The highest BCUT2D eigenvalue weighted by Crippen LogP contribution is 2.39. The van der Waals surface area contributed by atoms with Crippen LogP contribution in [0, 0.1) is 0 Å². The van der Waals surface area contributed by atoms with Gasteiger partial charge in [0.2, 0.25) is 0 Å². The number of rotatable bonds is 3. The fourth-order valence-corrected chi connectivity index (χ4v) is 2.58. The molecule has 0 spiro atoms. The summed E-state index contributed by atoms with van der Waals surface area (Å²) < 4.78 is 10.5. The standard InChI is InChI=1S/C14H13NO4/c1-18-11-6-5-8-3-2-4-9(8)13(11)12-7-10(14(16)17)15-19-12/h5-7H,2-4H2,1H3,(H,16,17). The minimum absolute atomic E-state index is 0.0901. The van der Waals surface area contributed by atoms with Crippen LogP contribution in [-0.4, -0.2) is 23.3 Å². The summed E-state index contributed by atoms with van der Waals surface area (Å²) in [6.45, 7) is 0. The lowest BCUT2D eigenvalue weighted by Gasteiger charge is -2.10. The van der Waals surface area contributed by atoms with Crippen molar-refractivity contribution in [1.29, 1.82) is 0 Å². The number of carboxylic acids is 1. The van der Waals surface area contributed by atoms with Gasteiger partial charge in [-0.05, 0) is 36.5 Å². The summed E-state index contributed by atoms with van der Waals surface area (Å²) in [5.74, 6) is 0.0447. The van der Waals surface area contributed by atoms with E-state index in [0.717, 1.165) is 24.8 Å². The molecule has 98 valence electrons. The van der Waals surface area contributed by atoms with Crippen molar-refractivity contribution in [2.45, 2.75) is 19.3 Å². The van der Waals surface area contributed by atoms with Crippen LogP contribution in [0.5, 0.6) is 5.75 Å². The van der Waals surface area contributed by atoms with Crippen LogP contribution >= 0.6 is 0 Å². The number of ether oxygens (including phenoxy) is 1. The van der Waals surface area contributed by atoms with Crippen LogP contribution in [0.25, 0.3) is 11.3 Å². The molecule has 0 atom stereocenters. The Hall–Kier alpha value is -2.30. The van der Waals surface area contributed by atoms with Crippen LogP contribution in [0.3, 0.4) is 0 Å². The molecule has 19 heavy (non-hydrogen) atoms. The van der Waals surface area contributed by atoms with Gasteiger partial charge in [0.25, 0.3) is 0 Å². The average Bonchev–Trinajstić information content (AvgIpc) is 3.06. The Balaban J connectivity index is 2.17. The predicted octanol–water partition coefficient (Wildman–Crippen LogP) is 2.54. The number of carboxylic acid groups (broad SMARTS) is 1. The summed E-state index contributed by atoms with van der Waals surface area (Å²) in [6, 6.07) is 5.39. The summed E-state index contributed by atoms with van der Waals surface area (Å²) in [5, 5.41) is 12.5. The van der Waals surface area contributed by atoms with Crippen LogP contribution in [0.2, 0.25) is 0 Å². The van der Waals surface area contributed by atoms with Crippen LogP contribution in [0.4, 0.5) is 0 Å². The van der Waals surface area contributed by atoms with E-state index in [1.165, 1.54) is 17.2 Å². The number of methoxy groups -OCH3 is 1. The van der Waals surface area contributed by atoms with Crippen molar-refractivity contribution in [3.05, 3.63) is 35.0 Å². The van der Waals surface area contributed by atoms with Crippen LogP contribution in [0.1, 0.15) is 28.0 Å². The fraction of sp³-hybridized carbons (Fsp3) is 0.286. The first-order valence-corrected chi connectivity index (χ1v) is 6.10. The third kappa shape index (κ3) is 1.87. The molecule has 1 heterocycles. The molecule has 1 aliphatic rings. The summed E-state index contributed by atoms with van der Waals surface area (Å²) in [7, 11) is 1.59. The van der Waals surface area contributed by atoms with Gasteiger partial charge in [0.05, 0.1) is 12.7 Å². The third-order valence-corrected chi connectivity index (χ3v) is 3.44. The van der Waals surface area contributed by atoms with Crippen molar-refractivity contribution >= 4 is 5.97 Å². The molecule has 0 saturated carbocycles. The second kappa shape index (κ2) is 4.42. The molecule has 5 nitrogen and oxygen atoms in total. The van der Waals surface area contributed by atoms with Gasteiger partial charge < -0.3 is 14.4 Å². The van der Waals surface area contributed by atoms with E-state index in [1.807, 2.05) is 6.07 Å². The van der Waals surface area contributed by atoms with E-state index in [4.69, 9.17) is 14.4 Å². The second-order valence-corrected chi connectivity index (χ2v) is 4.52.